The number of imidazole rings is 1. The van der Waals surface area contributed by atoms with Crippen molar-refractivity contribution >= 4 is 5.91 Å². The normalized spacial score (nSPS) is 16.5. The van der Waals surface area contributed by atoms with Crippen LogP contribution in [0.4, 0.5) is 0 Å². The summed E-state index contributed by atoms with van der Waals surface area (Å²) >= 11 is 0. The molecule has 7 nitrogen and oxygen atoms in total. The van der Waals surface area contributed by atoms with E-state index in [-0.39, 0.29) is 11.9 Å². The van der Waals surface area contributed by atoms with Gasteiger partial charge in [-0.3, -0.25) is 9.69 Å². The van der Waals surface area contributed by atoms with Crippen LogP contribution in [-0.2, 0) is 22.5 Å². The van der Waals surface area contributed by atoms with Gasteiger partial charge >= 0.3 is 0 Å². The molecule has 0 spiro atoms. The molecule has 3 heterocycles. The summed E-state index contributed by atoms with van der Waals surface area (Å²) in [5.74, 6) is 2.83. The predicted molar refractivity (Wildman–Crippen MR) is 97.8 cm³/mol. The van der Waals surface area contributed by atoms with Crippen LogP contribution in [0.5, 0.6) is 0 Å². The van der Waals surface area contributed by atoms with Crippen LogP contribution in [0.15, 0.2) is 28.9 Å². The Morgan fingerprint density at radius 3 is 2.85 bits per heavy atom. The third-order valence-electron chi connectivity index (χ3n) is 4.77. The Labute approximate surface area is 154 Å². The summed E-state index contributed by atoms with van der Waals surface area (Å²) in [4.78, 5) is 18.9. The second-order valence-corrected chi connectivity index (χ2v) is 6.56. The molecule has 26 heavy (non-hydrogen) atoms. The first-order valence-electron chi connectivity index (χ1n) is 9.32. The molecule has 0 unspecified atom stereocenters. The van der Waals surface area contributed by atoms with Crippen molar-refractivity contribution in [1.29, 1.82) is 0 Å². The summed E-state index contributed by atoms with van der Waals surface area (Å²) in [6.07, 6.45) is 5.01. The van der Waals surface area contributed by atoms with Crippen LogP contribution in [0.25, 0.3) is 0 Å². The summed E-state index contributed by atoms with van der Waals surface area (Å²) in [6, 6.07) is 4.01. The number of carbonyl (C=O) groups is 1. The zero-order valence-electron chi connectivity index (χ0n) is 15.6. The quantitative estimate of drug-likeness (QED) is 0.779. The van der Waals surface area contributed by atoms with E-state index >= 15 is 0 Å². The molecule has 1 saturated heterocycles. The van der Waals surface area contributed by atoms with Gasteiger partial charge in [-0.05, 0) is 19.1 Å². The zero-order chi connectivity index (χ0) is 18.4. The minimum atomic E-state index is 0.0380. The van der Waals surface area contributed by atoms with E-state index in [4.69, 9.17) is 9.15 Å². The van der Waals surface area contributed by atoms with Crippen LogP contribution in [0.2, 0.25) is 0 Å². The van der Waals surface area contributed by atoms with Gasteiger partial charge in [0, 0.05) is 51.4 Å². The zero-order valence-corrected chi connectivity index (χ0v) is 15.6. The summed E-state index contributed by atoms with van der Waals surface area (Å²) < 4.78 is 13.3. The molecule has 0 aliphatic carbocycles. The maximum atomic E-state index is 12.3. The molecule has 1 aliphatic heterocycles. The number of aryl methyl sites for hydroxylation is 3. The summed E-state index contributed by atoms with van der Waals surface area (Å²) in [6.45, 7) is 8.30. The summed E-state index contributed by atoms with van der Waals surface area (Å²) in [5.41, 5.74) is 0. The molecule has 0 radical (unpaired) electrons. The molecular weight excluding hydrogens is 332 g/mol. The number of furan rings is 1. The van der Waals surface area contributed by atoms with Crippen LogP contribution in [-0.4, -0.2) is 53.2 Å². The van der Waals surface area contributed by atoms with Gasteiger partial charge < -0.3 is 19.0 Å². The molecular formula is C19H28N4O3. The number of hydrogen-bond donors (Lipinski definition) is 1. The number of amides is 1. The lowest BCUT2D eigenvalue weighted by molar-refractivity contribution is -0.121. The number of carbonyl (C=O) groups excluding carboxylic acids is 1. The molecule has 1 N–H and O–H groups in total. The van der Waals surface area contributed by atoms with E-state index in [1.54, 1.807) is 6.20 Å². The minimum absolute atomic E-state index is 0.0380. The topological polar surface area (TPSA) is 72.5 Å². The molecule has 142 valence electrons. The lowest BCUT2D eigenvalue weighted by Gasteiger charge is -2.33. The van der Waals surface area contributed by atoms with E-state index in [0.29, 0.717) is 32.7 Å². The van der Waals surface area contributed by atoms with Gasteiger partial charge in [0.05, 0.1) is 19.3 Å². The standard InChI is InChI=1S/C19H28N4O3/c1-3-18-20-7-9-23(18)8-6-19(24)21-14-16(17-5-4-15(2)26-17)22-10-12-25-13-11-22/h4-5,7,9,16H,3,6,8,10-14H2,1-2H3,(H,21,24)/t16-/m1/s1. The largest absolute Gasteiger partial charge is 0.465 e. The first-order valence-corrected chi connectivity index (χ1v) is 9.32. The van der Waals surface area contributed by atoms with Crippen molar-refractivity contribution in [2.45, 2.75) is 39.3 Å². The Morgan fingerprint density at radius 1 is 1.35 bits per heavy atom. The molecule has 1 aliphatic rings. The van der Waals surface area contributed by atoms with Gasteiger partial charge in [-0.25, -0.2) is 4.98 Å². The van der Waals surface area contributed by atoms with E-state index in [0.717, 1.165) is 36.9 Å². The molecule has 7 heteroatoms. The lowest BCUT2D eigenvalue weighted by Crippen LogP contribution is -2.43. The van der Waals surface area contributed by atoms with Crippen LogP contribution < -0.4 is 5.32 Å². The number of ether oxygens (including phenoxy) is 1. The van der Waals surface area contributed by atoms with Crippen molar-refractivity contribution in [3.63, 3.8) is 0 Å². The highest BCUT2D eigenvalue weighted by Crippen LogP contribution is 2.23. The van der Waals surface area contributed by atoms with Gasteiger partial charge in [0.15, 0.2) is 0 Å². The van der Waals surface area contributed by atoms with E-state index in [1.165, 1.54) is 0 Å². The van der Waals surface area contributed by atoms with Gasteiger partial charge in [-0.2, -0.15) is 0 Å². The average Bonchev–Trinajstić information content (AvgIpc) is 3.29. The van der Waals surface area contributed by atoms with E-state index in [9.17, 15) is 4.79 Å². The number of aromatic nitrogens is 2. The van der Waals surface area contributed by atoms with Crippen molar-refractivity contribution in [2.75, 3.05) is 32.8 Å². The number of hydrogen-bond acceptors (Lipinski definition) is 5. The average molecular weight is 360 g/mol. The maximum absolute atomic E-state index is 12.3. The number of nitrogens with zero attached hydrogens (tertiary/aromatic N) is 3. The molecule has 1 fully saturated rings. The van der Waals surface area contributed by atoms with Gasteiger partial charge in [0.25, 0.3) is 0 Å². The smallest absolute Gasteiger partial charge is 0.221 e. The van der Waals surface area contributed by atoms with E-state index < -0.39 is 0 Å². The molecule has 0 bridgehead atoms. The van der Waals surface area contributed by atoms with Crippen molar-refractivity contribution < 1.29 is 13.9 Å². The van der Waals surface area contributed by atoms with E-state index in [2.05, 4.69) is 22.1 Å². The Bertz CT molecular complexity index is 703. The predicted octanol–water partition coefficient (Wildman–Crippen LogP) is 1.93. The van der Waals surface area contributed by atoms with Crippen molar-refractivity contribution in [3.05, 3.63) is 41.9 Å². The lowest BCUT2D eigenvalue weighted by atomic mass is 10.1. The van der Waals surface area contributed by atoms with Crippen LogP contribution >= 0.6 is 0 Å². The van der Waals surface area contributed by atoms with Gasteiger partial charge in [-0.15, -0.1) is 0 Å². The van der Waals surface area contributed by atoms with Crippen molar-refractivity contribution in [3.8, 4) is 0 Å². The monoisotopic (exact) mass is 360 g/mol. The van der Waals surface area contributed by atoms with Gasteiger partial charge in [0.1, 0.15) is 17.3 Å². The minimum Gasteiger partial charge on any atom is -0.465 e. The molecule has 2 aromatic heterocycles. The second kappa shape index (κ2) is 9.00. The number of morpholine rings is 1. The molecule has 0 saturated carbocycles. The molecule has 1 amide bonds. The highest BCUT2D eigenvalue weighted by molar-refractivity contribution is 5.75. The SMILES string of the molecule is CCc1nccn1CCC(=O)NC[C@H](c1ccc(C)o1)N1CCOCC1. The third kappa shape index (κ3) is 4.74. The highest BCUT2D eigenvalue weighted by atomic mass is 16.5. The first kappa shape index (κ1) is 18.7. The van der Waals surface area contributed by atoms with Crippen LogP contribution in [0.3, 0.4) is 0 Å². The number of nitrogens with one attached hydrogen (secondary N) is 1. The Morgan fingerprint density at radius 2 is 2.15 bits per heavy atom. The van der Waals surface area contributed by atoms with Crippen molar-refractivity contribution in [2.24, 2.45) is 0 Å². The summed E-state index contributed by atoms with van der Waals surface area (Å²) in [5, 5.41) is 3.07. The molecule has 1 atom stereocenters. The maximum Gasteiger partial charge on any atom is 0.221 e. The molecule has 0 aromatic carbocycles. The fourth-order valence-electron chi connectivity index (χ4n) is 3.31. The van der Waals surface area contributed by atoms with Crippen LogP contribution in [0.1, 0.15) is 36.7 Å². The van der Waals surface area contributed by atoms with Crippen LogP contribution in [0, 0.1) is 6.92 Å². The van der Waals surface area contributed by atoms with E-state index in [1.807, 2.05) is 29.8 Å². The third-order valence-corrected chi connectivity index (χ3v) is 4.77. The fraction of sp³-hybridized carbons (Fsp3) is 0.579. The number of rotatable bonds is 8. The Kier molecular flexibility index (Phi) is 6.46. The molecule has 2 aromatic rings. The fourth-order valence-corrected chi connectivity index (χ4v) is 3.31. The second-order valence-electron chi connectivity index (χ2n) is 6.56. The summed E-state index contributed by atoms with van der Waals surface area (Å²) in [7, 11) is 0. The molecule has 3 rings (SSSR count). The Hall–Kier alpha value is -2.12. The van der Waals surface area contributed by atoms with Crippen molar-refractivity contribution in [1.82, 2.24) is 19.8 Å². The highest BCUT2D eigenvalue weighted by Gasteiger charge is 2.25. The Balaban J connectivity index is 1.55. The first-order chi connectivity index (χ1) is 12.7. The van der Waals surface area contributed by atoms with Gasteiger partial charge in [0.2, 0.25) is 5.91 Å². The van der Waals surface area contributed by atoms with Gasteiger partial charge in [-0.1, -0.05) is 6.92 Å².